The molecule has 0 amide bonds. The molecule has 0 radical (unpaired) electrons. The molecular formula is C99H198O36Si7. The fourth-order valence-corrected chi connectivity index (χ4v) is 24.5. The van der Waals surface area contributed by atoms with E-state index in [-0.39, 0.29) is 88.1 Å². The van der Waals surface area contributed by atoms with Crippen molar-refractivity contribution in [3.05, 3.63) is 0 Å². The largest absolute Gasteiger partial charge is 0.414 e. The van der Waals surface area contributed by atoms with Crippen molar-refractivity contribution >= 4 is 58.2 Å². The zero-order valence-electron chi connectivity index (χ0n) is 96.3. The first-order chi connectivity index (χ1) is 65.5. The maximum Gasteiger partial charge on any atom is 0.192 e. The van der Waals surface area contributed by atoms with Gasteiger partial charge in [0.25, 0.3) is 0 Å². The van der Waals surface area contributed by atoms with E-state index in [0.29, 0.717) is 0 Å². The number of hydrogen-bond acceptors (Lipinski definition) is 36. The maximum absolute atomic E-state index is 11.1. The fourth-order valence-electron chi connectivity index (χ4n) is 17.4. The summed E-state index contributed by atoms with van der Waals surface area (Å²) >= 11 is 0. The molecule has 35 atom stereocenters. The Morgan fingerprint density at radius 2 is 0.289 bits per heavy atom. The van der Waals surface area contributed by atoms with Crippen molar-refractivity contribution in [2.24, 2.45) is 0 Å². The first-order valence-corrected chi connectivity index (χ1v) is 71.6. The van der Waals surface area contributed by atoms with Crippen LogP contribution in [0.5, 0.6) is 0 Å². The Balaban J connectivity index is 1.45. The zero-order valence-corrected chi connectivity index (χ0v) is 103. The van der Waals surface area contributed by atoms with Crippen LogP contribution >= 0.6 is 0 Å². The molecule has 14 bridgehead atoms. The van der Waals surface area contributed by atoms with Crippen LogP contribution in [0.15, 0.2) is 0 Å². The summed E-state index contributed by atoms with van der Waals surface area (Å²) in [5, 5.41) is 9.07. The summed E-state index contributed by atoms with van der Waals surface area (Å²) in [7, 11) is 1.62. The fraction of sp³-hybridized carbons (Fsp3) is 1.00. The molecule has 1 N–H and O–H groups in total. The lowest BCUT2D eigenvalue weighted by molar-refractivity contribution is -0.402. The molecule has 21 heterocycles. The van der Waals surface area contributed by atoms with E-state index in [1.807, 2.05) is 0 Å². The summed E-state index contributed by atoms with van der Waals surface area (Å²) in [4.78, 5) is 0. The van der Waals surface area contributed by atoms with Gasteiger partial charge in [0, 0.05) is 92.4 Å². The van der Waals surface area contributed by atoms with E-state index in [2.05, 4.69) is 237 Å². The monoisotopic (exact) mass is 2160 g/mol. The molecule has 21 fully saturated rings. The predicted molar refractivity (Wildman–Crippen MR) is 554 cm³/mol. The van der Waals surface area contributed by atoms with Crippen LogP contribution in [0, 0.1) is 0 Å². The molecular weight excluding hydrogens is 1960 g/mol. The summed E-state index contributed by atoms with van der Waals surface area (Å²) in [6.45, 7) is 75.2. The van der Waals surface area contributed by atoms with E-state index in [0.717, 1.165) is 0 Å². The van der Waals surface area contributed by atoms with Crippen LogP contribution in [0.3, 0.4) is 0 Å². The Hall–Kier alpha value is 0.0782. The Kier molecular flexibility index (Phi) is 45.7. The second-order valence-electron chi connectivity index (χ2n) is 50.2. The first kappa shape index (κ1) is 127. The number of aliphatic hydroxyl groups excluding tert-OH is 1. The van der Waals surface area contributed by atoms with Gasteiger partial charge in [-0.15, -0.1) is 0 Å². The highest BCUT2D eigenvalue weighted by Crippen LogP contribution is 2.50. The van der Waals surface area contributed by atoms with Crippen LogP contribution in [0.25, 0.3) is 0 Å². The topological polar surface area (TPSA) is 343 Å². The second-order valence-corrected chi connectivity index (χ2v) is 83.8. The lowest BCUT2D eigenvalue weighted by Crippen LogP contribution is -2.70. The van der Waals surface area contributed by atoms with Crippen LogP contribution in [-0.4, -0.2) is 430 Å². The molecule has 0 aromatic carbocycles. The number of methoxy groups -OCH3 is 13. The summed E-state index contributed by atoms with van der Waals surface area (Å²) in [6, 6.07) is 0. The molecule has 21 aliphatic rings. The van der Waals surface area contributed by atoms with Gasteiger partial charge in [-0.25, -0.2) is 0 Å². The molecule has 0 aliphatic carbocycles. The van der Waals surface area contributed by atoms with Crippen LogP contribution in [0.1, 0.15) is 145 Å². The van der Waals surface area contributed by atoms with Crippen molar-refractivity contribution in [1.82, 2.24) is 0 Å². The predicted octanol–water partition coefficient (Wildman–Crippen LogP) is 14.5. The van der Waals surface area contributed by atoms with Gasteiger partial charge in [0.1, 0.15) is 171 Å². The standard InChI is InChI=1S/C99H198O36Si7/c1-93(2,3)136(35,36)115-51-58-65-72(101-22)80(108-29)87(123-58)131-67-60(53-117-138(39,40)95(7,8)9)125-89(82(110-31)74(67)103-24)133-69-62(55-119-140(43,44)97(13,14)15)127-91(84(112-33)76(69)105-26)135-71-64(57-121-142(47,48)99(19,20)21)128-92(85(113-34)78(71)114-50-49-100)134-70-63(56-120-141(45,46)98(16,17)18)126-90(83(111-32)77(70)106-27)132-68-61(54-118-139(41,42)96(10,11)12)124-88(81(109-30)75(68)104-25)130-66-59(52-116-137(37,38)94(4,5)6)122-86(129-65)79(107-28)73(66)102-23/h58-92,100H,49-57H2,1-48H3/t58-,59-,60-,61-,62-,63-,64-,65-,66-,67-,68-,69-,70-,71-,72+,73+,74+,75+,76+,77-,78+,79-,80-,81+,82-,83+,84-,85-,86-,87-,88-,89-,90-,91-,92-/m1/s1. The van der Waals surface area contributed by atoms with Gasteiger partial charge in [-0.2, -0.15) is 0 Å². The van der Waals surface area contributed by atoms with E-state index in [4.69, 9.17) is 164 Å². The van der Waals surface area contributed by atoms with Crippen molar-refractivity contribution in [3.8, 4) is 0 Å². The lowest BCUT2D eigenvalue weighted by atomic mass is 9.94. The van der Waals surface area contributed by atoms with Crippen LogP contribution in [0.2, 0.25) is 127 Å². The van der Waals surface area contributed by atoms with E-state index in [1.165, 1.54) is 7.11 Å². The molecule has 36 nitrogen and oxygen atoms in total. The highest BCUT2D eigenvalue weighted by atomic mass is 28.4. The summed E-state index contributed by atoms with van der Waals surface area (Å²) < 4.78 is 252. The zero-order chi connectivity index (χ0) is 107. The summed E-state index contributed by atoms with van der Waals surface area (Å²) in [5.74, 6) is 0. The van der Waals surface area contributed by atoms with Crippen molar-refractivity contribution < 1.29 is 169 Å². The lowest BCUT2D eigenvalue weighted by Gasteiger charge is -2.53. The SMILES string of the molecule is CO[C@@H]1[C@H](OC)[C@H]2O[C@H]3[C@H](OC)[C@@H](OC)[C@@H](O[C@H]4[C@H](OC)[C@@H](OC)[C@@H](O[C@H]5[C@H](OC)[C@@H](OC)[C@@H](O[C@H]6[C@H](OC)[C@@H](OC)[C@@H](O[C@H]7[C@H](OCCO)[C@@H](OC)[C@@H](O[C@H]8[C@@H](OC)[C@H](OC)[C@@H](O[C@@H]1[C@@H](CO[Si](C)(C)C(C)(C)C)O2)O[C@@H]8CO[Si](C)(C)C(C)(C)C)O[C@@H]7CO[Si](C)(C)C(C)(C)C)O[C@@H]6CO[Si](C)(C)C(C)(C)C)O[C@@H]5CO[Si](C)(C)C(C)(C)C)O[C@@H]4CO[Si](C)(C)C(C)(C)C)O[C@@H]3CO[Si](C)(C)C(C)(C)C. The smallest absolute Gasteiger partial charge is 0.192 e. The third-order valence-electron chi connectivity index (χ3n) is 34.0. The normalized spacial score (nSPS) is 37.3. The molecule has 21 rings (SSSR count). The third kappa shape index (κ3) is 29.5. The average Bonchev–Trinajstić information content (AvgIpc) is 0.782. The molecule has 21 saturated heterocycles. The van der Waals surface area contributed by atoms with Gasteiger partial charge in [0.15, 0.2) is 102 Å². The number of hydrogen-bond donors (Lipinski definition) is 1. The molecule has 0 saturated carbocycles. The van der Waals surface area contributed by atoms with Crippen LogP contribution in [0.4, 0.5) is 0 Å². The minimum absolute atomic E-state index is 0.0236. The van der Waals surface area contributed by atoms with Gasteiger partial charge < -0.3 is 169 Å². The van der Waals surface area contributed by atoms with Gasteiger partial charge in [0.2, 0.25) is 0 Å². The van der Waals surface area contributed by atoms with Crippen LogP contribution in [-0.2, 0) is 164 Å². The molecule has 0 spiro atoms. The third-order valence-corrected chi connectivity index (χ3v) is 65.5. The molecule has 43 heteroatoms. The molecule has 21 aliphatic heterocycles. The Bertz CT molecular complexity index is 3590. The van der Waals surface area contributed by atoms with Gasteiger partial charge in [-0.05, 0) is 127 Å². The number of ether oxygens (including phenoxy) is 28. The minimum atomic E-state index is -2.72. The molecule has 0 unspecified atom stereocenters. The van der Waals surface area contributed by atoms with E-state index < -0.39 is 280 Å². The minimum Gasteiger partial charge on any atom is -0.414 e. The Morgan fingerprint density at radius 1 is 0.176 bits per heavy atom. The highest BCUT2D eigenvalue weighted by Gasteiger charge is 2.65. The van der Waals surface area contributed by atoms with Crippen molar-refractivity contribution in [2.45, 2.75) is 487 Å². The van der Waals surface area contributed by atoms with Crippen molar-refractivity contribution in [2.75, 3.05) is 152 Å². The molecule has 0 aromatic rings. The van der Waals surface area contributed by atoms with E-state index in [9.17, 15) is 5.11 Å². The van der Waals surface area contributed by atoms with Crippen LogP contribution < -0.4 is 0 Å². The first-order valence-electron chi connectivity index (χ1n) is 51.2. The summed E-state index contributed by atoms with van der Waals surface area (Å²) in [5.41, 5.74) is 0. The van der Waals surface area contributed by atoms with Gasteiger partial charge in [-0.1, -0.05) is 145 Å². The van der Waals surface area contributed by atoms with Crippen molar-refractivity contribution in [1.29, 1.82) is 0 Å². The number of aliphatic hydroxyl groups is 1. The molecule has 0 aromatic heterocycles. The highest BCUT2D eigenvalue weighted by molar-refractivity contribution is 6.76. The van der Waals surface area contributed by atoms with Gasteiger partial charge in [-0.3, -0.25) is 0 Å². The molecule has 142 heavy (non-hydrogen) atoms. The molecule has 838 valence electrons. The maximum atomic E-state index is 11.1. The van der Waals surface area contributed by atoms with Gasteiger partial charge in [0.05, 0.1) is 59.5 Å². The van der Waals surface area contributed by atoms with E-state index >= 15 is 0 Å². The van der Waals surface area contributed by atoms with Gasteiger partial charge >= 0.3 is 0 Å². The van der Waals surface area contributed by atoms with E-state index in [1.54, 1.807) is 85.3 Å². The number of rotatable bonds is 37. The summed E-state index contributed by atoms with van der Waals surface area (Å²) in [6.07, 6.45) is -39.6. The Morgan fingerprint density at radius 3 is 0.394 bits per heavy atom. The van der Waals surface area contributed by atoms with Crippen molar-refractivity contribution in [3.63, 3.8) is 0 Å². The average molecular weight is 2160 g/mol. The Labute approximate surface area is 861 Å². The second kappa shape index (κ2) is 51.0. The quantitative estimate of drug-likeness (QED) is 0.0565.